The number of aryl methyl sites for hydroxylation is 1. The van der Waals surface area contributed by atoms with Crippen molar-refractivity contribution in [3.05, 3.63) is 30.4 Å². The third kappa shape index (κ3) is 3.19. The lowest BCUT2D eigenvalue weighted by Gasteiger charge is -2.21. The fraction of sp³-hybridized carbons (Fsp3) is 0.533. The first-order chi connectivity index (χ1) is 11.4. The molecule has 1 atom stereocenters. The van der Waals surface area contributed by atoms with E-state index in [9.17, 15) is 8.42 Å². The Kier molecular flexibility index (Phi) is 4.66. The zero-order chi connectivity index (χ0) is 17.3. The summed E-state index contributed by atoms with van der Waals surface area (Å²) in [6.45, 7) is 1.06. The molecule has 0 spiro atoms. The lowest BCUT2D eigenvalue weighted by atomic mass is 10.0. The van der Waals surface area contributed by atoms with Crippen molar-refractivity contribution >= 4 is 10.2 Å². The molecular weight excluding hydrogens is 328 g/mol. The molecule has 0 amide bonds. The first kappa shape index (κ1) is 17.0. The average molecular weight is 350 g/mol. The highest BCUT2D eigenvalue weighted by Gasteiger charge is 2.33. The minimum absolute atomic E-state index is 0.239. The van der Waals surface area contributed by atoms with Crippen molar-refractivity contribution in [1.29, 1.82) is 0 Å². The summed E-state index contributed by atoms with van der Waals surface area (Å²) in [6, 6.07) is 1.91. The summed E-state index contributed by atoms with van der Waals surface area (Å²) in [6.07, 6.45) is 6.61. The molecule has 130 valence electrons. The molecule has 1 saturated heterocycles. The molecule has 0 radical (unpaired) electrons. The lowest BCUT2D eigenvalue weighted by Crippen LogP contribution is -2.38. The van der Waals surface area contributed by atoms with Crippen LogP contribution in [0.2, 0.25) is 0 Å². The van der Waals surface area contributed by atoms with Crippen LogP contribution in [0, 0.1) is 5.92 Å². The number of hydrogen-bond donors (Lipinski definition) is 0. The predicted molar refractivity (Wildman–Crippen MR) is 90.2 cm³/mol. The van der Waals surface area contributed by atoms with E-state index >= 15 is 0 Å². The zero-order valence-electron chi connectivity index (χ0n) is 14.1. The number of aromatic nitrogens is 4. The summed E-state index contributed by atoms with van der Waals surface area (Å²) in [5.74, 6) is 0.239. The van der Waals surface area contributed by atoms with Gasteiger partial charge in [0.1, 0.15) is 5.69 Å². The van der Waals surface area contributed by atoms with Crippen molar-refractivity contribution in [2.45, 2.75) is 12.8 Å². The molecule has 3 heterocycles. The van der Waals surface area contributed by atoms with Gasteiger partial charge in [-0.25, -0.2) is 0 Å². The van der Waals surface area contributed by atoms with Crippen molar-refractivity contribution in [3.63, 3.8) is 0 Å². The molecule has 2 aromatic rings. The van der Waals surface area contributed by atoms with Gasteiger partial charge in [-0.1, -0.05) is 0 Å². The Morgan fingerprint density at radius 2 is 2.00 bits per heavy atom. The van der Waals surface area contributed by atoms with Gasteiger partial charge in [0.15, 0.2) is 0 Å². The minimum Gasteiger partial charge on any atom is -0.266 e. The molecule has 0 aliphatic carbocycles. The van der Waals surface area contributed by atoms with Gasteiger partial charge in [0.05, 0.1) is 11.4 Å². The Morgan fingerprint density at radius 3 is 2.67 bits per heavy atom. The maximum absolute atomic E-state index is 12.2. The largest absolute Gasteiger partial charge is 0.281 e. The van der Waals surface area contributed by atoms with Crippen LogP contribution in [0.5, 0.6) is 0 Å². The molecule has 0 bridgehead atoms. The Balaban J connectivity index is 1.78. The first-order valence-electron chi connectivity index (χ1n) is 7.85. The van der Waals surface area contributed by atoms with E-state index in [0.717, 1.165) is 23.5 Å². The van der Waals surface area contributed by atoms with Gasteiger partial charge in [0.25, 0.3) is 10.2 Å². The highest BCUT2D eigenvalue weighted by atomic mass is 32.2. The molecular formula is C15H22N6O2S. The third-order valence-electron chi connectivity index (χ3n) is 4.36. The van der Waals surface area contributed by atoms with Crippen LogP contribution in [0.3, 0.4) is 0 Å². The monoisotopic (exact) mass is 350 g/mol. The van der Waals surface area contributed by atoms with E-state index in [2.05, 4.69) is 15.1 Å². The number of hydrogen-bond acceptors (Lipinski definition) is 5. The van der Waals surface area contributed by atoms with E-state index in [1.807, 2.05) is 13.1 Å². The van der Waals surface area contributed by atoms with Gasteiger partial charge in [-0.2, -0.15) is 22.1 Å². The molecule has 0 aromatic carbocycles. The summed E-state index contributed by atoms with van der Waals surface area (Å²) >= 11 is 0. The fourth-order valence-electron chi connectivity index (χ4n) is 3.01. The predicted octanol–water partition coefficient (Wildman–Crippen LogP) is 0.548. The van der Waals surface area contributed by atoms with Gasteiger partial charge in [0.2, 0.25) is 0 Å². The number of rotatable bonds is 5. The average Bonchev–Trinajstić information content (AvgIpc) is 3.17. The van der Waals surface area contributed by atoms with Crippen LogP contribution in [0.15, 0.2) is 24.7 Å². The molecule has 24 heavy (non-hydrogen) atoms. The van der Waals surface area contributed by atoms with Gasteiger partial charge < -0.3 is 0 Å². The Labute approximate surface area is 142 Å². The molecule has 0 N–H and O–H groups in total. The Bertz CT molecular complexity index is 817. The molecule has 0 saturated carbocycles. The zero-order valence-corrected chi connectivity index (χ0v) is 14.9. The topological polar surface area (TPSA) is 84.2 Å². The Hall–Kier alpha value is -1.84. The smallest absolute Gasteiger partial charge is 0.266 e. The molecule has 1 aliphatic rings. The fourth-order valence-corrected chi connectivity index (χ4v) is 4.21. The molecule has 1 fully saturated rings. The van der Waals surface area contributed by atoms with E-state index in [1.54, 1.807) is 37.4 Å². The summed E-state index contributed by atoms with van der Waals surface area (Å²) in [5.41, 5.74) is 2.61. The second kappa shape index (κ2) is 6.58. The standard InChI is InChI=1S/C15H22N6O2S/c1-19(2)24(22,23)21-9-5-12(11-21)10-13-15(17-8-7-16-13)14-4-6-18-20(14)3/h4,6-8,12H,5,9-11H2,1-3H3/t12-/m0/s1. The van der Waals surface area contributed by atoms with E-state index in [-0.39, 0.29) is 5.92 Å². The van der Waals surface area contributed by atoms with E-state index in [4.69, 9.17) is 0 Å². The van der Waals surface area contributed by atoms with Crippen molar-refractivity contribution < 1.29 is 8.42 Å². The van der Waals surface area contributed by atoms with Crippen molar-refractivity contribution in [1.82, 2.24) is 28.4 Å². The molecule has 0 unspecified atom stereocenters. The highest BCUT2D eigenvalue weighted by Crippen LogP contribution is 2.27. The van der Waals surface area contributed by atoms with Gasteiger partial charge in [-0.05, 0) is 24.8 Å². The van der Waals surface area contributed by atoms with Gasteiger partial charge >= 0.3 is 0 Å². The van der Waals surface area contributed by atoms with Crippen LogP contribution in [0.4, 0.5) is 0 Å². The van der Waals surface area contributed by atoms with Crippen LogP contribution in [0.1, 0.15) is 12.1 Å². The minimum atomic E-state index is -3.35. The van der Waals surface area contributed by atoms with Crippen molar-refractivity contribution in [2.75, 3.05) is 27.2 Å². The maximum atomic E-state index is 12.2. The van der Waals surface area contributed by atoms with Crippen LogP contribution in [-0.2, 0) is 23.7 Å². The van der Waals surface area contributed by atoms with E-state index in [1.165, 1.54) is 8.61 Å². The second-order valence-corrected chi connectivity index (χ2v) is 8.34. The molecule has 2 aromatic heterocycles. The van der Waals surface area contributed by atoms with Gasteiger partial charge in [0, 0.05) is 52.8 Å². The van der Waals surface area contributed by atoms with Crippen molar-refractivity contribution in [2.24, 2.45) is 13.0 Å². The molecule has 1 aliphatic heterocycles. The highest BCUT2D eigenvalue weighted by molar-refractivity contribution is 7.86. The third-order valence-corrected chi connectivity index (χ3v) is 6.26. The van der Waals surface area contributed by atoms with E-state index in [0.29, 0.717) is 19.5 Å². The lowest BCUT2D eigenvalue weighted by molar-refractivity contribution is 0.409. The summed E-state index contributed by atoms with van der Waals surface area (Å²) < 4.78 is 29.1. The second-order valence-electron chi connectivity index (χ2n) is 6.20. The number of nitrogens with zero attached hydrogens (tertiary/aromatic N) is 6. The summed E-state index contributed by atoms with van der Waals surface area (Å²) in [5, 5.41) is 4.19. The quantitative estimate of drug-likeness (QED) is 0.786. The Morgan fingerprint density at radius 1 is 1.25 bits per heavy atom. The summed E-state index contributed by atoms with van der Waals surface area (Å²) in [7, 11) is 1.65. The molecule has 3 rings (SSSR count). The first-order valence-corrected chi connectivity index (χ1v) is 9.25. The van der Waals surface area contributed by atoms with Crippen LogP contribution in [0.25, 0.3) is 11.4 Å². The van der Waals surface area contributed by atoms with Gasteiger partial charge in [-0.3, -0.25) is 14.6 Å². The van der Waals surface area contributed by atoms with Gasteiger partial charge in [-0.15, -0.1) is 0 Å². The van der Waals surface area contributed by atoms with E-state index < -0.39 is 10.2 Å². The SMILES string of the molecule is CN(C)S(=O)(=O)N1CC[C@@H](Cc2nccnc2-c2ccnn2C)C1. The van der Waals surface area contributed by atoms with Crippen LogP contribution in [-0.4, -0.2) is 64.0 Å². The van der Waals surface area contributed by atoms with Crippen LogP contribution < -0.4 is 0 Å². The normalized spacial score (nSPS) is 19.2. The maximum Gasteiger partial charge on any atom is 0.281 e. The van der Waals surface area contributed by atoms with Crippen LogP contribution >= 0.6 is 0 Å². The van der Waals surface area contributed by atoms with Crippen molar-refractivity contribution in [3.8, 4) is 11.4 Å². The summed E-state index contributed by atoms with van der Waals surface area (Å²) in [4.78, 5) is 8.94. The molecule has 8 nitrogen and oxygen atoms in total. The molecule has 9 heteroatoms.